The molecular weight excluding hydrogens is 411 g/mol. The first-order chi connectivity index (χ1) is 14.0. The van der Waals surface area contributed by atoms with Crippen molar-refractivity contribution in [3.63, 3.8) is 0 Å². The van der Waals surface area contributed by atoms with Crippen molar-refractivity contribution >= 4 is 51.8 Å². The van der Waals surface area contributed by atoms with Crippen LogP contribution in [0.25, 0.3) is 22.0 Å². The predicted octanol–water partition coefficient (Wildman–Crippen LogP) is 4.58. The van der Waals surface area contributed by atoms with Gasteiger partial charge in [-0.15, -0.1) is 0 Å². The van der Waals surface area contributed by atoms with E-state index in [0.29, 0.717) is 22.4 Å². The molecule has 0 amide bonds. The molecule has 1 aliphatic heterocycles. The van der Waals surface area contributed by atoms with Gasteiger partial charge in [-0.3, -0.25) is 4.79 Å². The summed E-state index contributed by atoms with van der Waals surface area (Å²) in [6.45, 7) is 1.29. The normalized spacial score (nSPS) is 16.8. The first-order valence-corrected chi connectivity index (χ1v) is 10.1. The van der Waals surface area contributed by atoms with E-state index in [0.717, 1.165) is 41.4 Å². The zero-order valence-corrected chi connectivity index (χ0v) is 17.4. The van der Waals surface area contributed by atoms with Gasteiger partial charge in [0.05, 0.1) is 34.0 Å². The summed E-state index contributed by atoms with van der Waals surface area (Å²) in [5.74, 6) is 0.504. The van der Waals surface area contributed by atoms with E-state index in [9.17, 15) is 4.79 Å². The summed E-state index contributed by atoms with van der Waals surface area (Å²) in [7, 11) is 1.42. The fraction of sp³-hybridized carbons (Fsp3) is 0.286. The van der Waals surface area contributed by atoms with E-state index >= 15 is 0 Å². The van der Waals surface area contributed by atoms with Crippen molar-refractivity contribution in [3.8, 4) is 11.1 Å². The number of rotatable bonds is 3. The number of nitrogen functional groups attached to an aromatic ring is 1. The molecule has 1 aliphatic rings. The Labute approximate surface area is 178 Å². The van der Waals surface area contributed by atoms with Crippen LogP contribution in [-0.4, -0.2) is 36.1 Å². The van der Waals surface area contributed by atoms with Gasteiger partial charge in [-0.05, 0) is 42.2 Å². The second kappa shape index (κ2) is 8.05. The molecular formula is C21H20Cl2N4O2. The fourth-order valence-corrected chi connectivity index (χ4v) is 4.14. The first kappa shape index (κ1) is 19.7. The Morgan fingerprint density at radius 2 is 2.03 bits per heavy atom. The van der Waals surface area contributed by atoms with Gasteiger partial charge in [0.25, 0.3) is 0 Å². The monoisotopic (exact) mass is 430 g/mol. The number of hydrogen-bond donors (Lipinski definition) is 1. The molecule has 8 heteroatoms. The van der Waals surface area contributed by atoms with E-state index in [1.54, 1.807) is 6.07 Å². The van der Waals surface area contributed by atoms with Gasteiger partial charge in [0.2, 0.25) is 5.95 Å². The number of nitrogens with zero attached hydrogens (tertiary/aromatic N) is 3. The molecule has 1 atom stereocenters. The van der Waals surface area contributed by atoms with Crippen LogP contribution in [0.15, 0.2) is 36.4 Å². The Morgan fingerprint density at radius 3 is 2.79 bits per heavy atom. The number of aromatic nitrogens is 2. The van der Waals surface area contributed by atoms with Crippen molar-refractivity contribution in [3.05, 3.63) is 46.4 Å². The van der Waals surface area contributed by atoms with Crippen molar-refractivity contribution < 1.29 is 9.53 Å². The quantitative estimate of drug-likeness (QED) is 0.612. The first-order valence-electron chi connectivity index (χ1n) is 9.32. The van der Waals surface area contributed by atoms with E-state index < -0.39 is 0 Å². The van der Waals surface area contributed by atoms with E-state index in [-0.39, 0.29) is 17.8 Å². The molecule has 3 aromatic rings. The summed E-state index contributed by atoms with van der Waals surface area (Å²) in [6, 6.07) is 11.3. The van der Waals surface area contributed by atoms with Gasteiger partial charge >= 0.3 is 5.97 Å². The Hall–Kier alpha value is -2.57. The third-order valence-corrected chi connectivity index (χ3v) is 5.95. The van der Waals surface area contributed by atoms with Crippen molar-refractivity contribution in [2.24, 2.45) is 5.92 Å². The maximum absolute atomic E-state index is 12.1. The third kappa shape index (κ3) is 3.82. The summed E-state index contributed by atoms with van der Waals surface area (Å²) in [5.41, 5.74) is 8.57. The van der Waals surface area contributed by atoms with Crippen LogP contribution in [0.5, 0.6) is 0 Å². The number of nitrogens with two attached hydrogens (primary N) is 1. The largest absolute Gasteiger partial charge is 0.469 e. The molecule has 1 fully saturated rings. The lowest BCUT2D eigenvalue weighted by Gasteiger charge is -2.33. The average Bonchev–Trinajstić information content (AvgIpc) is 2.74. The molecule has 29 heavy (non-hydrogen) atoms. The number of esters is 1. The Morgan fingerprint density at radius 1 is 1.21 bits per heavy atom. The summed E-state index contributed by atoms with van der Waals surface area (Å²) in [5, 5.41) is 1.83. The minimum Gasteiger partial charge on any atom is -0.469 e. The highest BCUT2D eigenvalue weighted by molar-refractivity contribution is 6.42. The minimum atomic E-state index is -0.203. The molecule has 1 aromatic heterocycles. The summed E-state index contributed by atoms with van der Waals surface area (Å²) in [6.07, 6.45) is 1.65. The molecule has 1 unspecified atom stereocenters. The molecule has 0 aliphatic carbocycles. The van der Waals surface area contributed by atoms with Crippen molar-refractivity contribution in [1.82, 2.24) is 9.97 Å². The van der Waals surface area contributed by atoms with Crippen LogP contribution in [0.2, 0.25) is 10.0 Å². The maximum atomic E-state index is 12.1. The number of fused-ring (bicyclic) bond motifs is 1. The molecule has 1 saturated heterocycles. The van der Waals surface area contributed by atoms with Gasteiger partial charge < -0.3 is 15.4 Å². The Kier molecular flexibility index (Phi) is 5.48. The third-order valence-electron chi connectivity index (χ3n) is 5.21. The number of methoxy groups -OCH3 is 1. The fourth-order valence-electron chi connectivity index (χ4n) is 3.84. The summed E-state index contributed by atoms with van der Waals surface area (Å²) < 4.78 is 4.95. The Balaban J connectivity index is 1.87. The highest BCUT2D eigenvalue weighted by atomic mass is 35.5. The molecule has 0 saturated carbocycles. The van der Waals surface area contributed by atoms with Gasteiger partial charge in [0, 0.05) is 13.1 Å². The van der Waals surface area contributed by atoms with Gasteiger partial charge in [-0.2, -0.15) is 4.98 Å². The molecule has 6 nitrogen and oxygen atoms in total. The van der Waals surface area contributed by atoms with Crippen LogP contribution < -0.4 is 10.6 Å². The number of carbonyl (C=O) groups is 1. The zero-order chi connectivity index (χ0) is 20.5. The van der Waals surface area contributed by atoms with Crippen LogP contribution in [-0.2, 0) is 9.53 Å². The van der Waals surface area contributed by atoms with Gasteiger partial charge in [0.15, 0.2) is 0 Å². The van der Waals surface area contributed by atoms with E-state index in [1.165, 1.54) is 7.11 Å². The number of piperidine rings is 1. The number of halogens is 2. The van der Waals surface area contributed by atoms with Crippen LogP contribution in [0.3, 0.4) is 0 Å². The second-order valence-corrected chi connectivity index (χ2v) is 7.86. The van der Waals surface area contributed by atoms with Crippen molar-refractivity contribution in [1.29, 1.82) is 0 Å². The molecule has 2 aromatic carbocycles. The van der Waals surface area contributed by atoms with Gasteiger partial charge in [-0.25, -0.2) is 4.98 Å². The molecule has 0 bridgehead atoms. The topological polar surface area (TPSA) is 81.3 Å². The SMILES string of the molecule is COC(=O)C1CCCN(c2nc(N)nc3cccc(-c4ccc(Cl)c(Cl)c4)c23)C1. The van der Waals surface area contributed by atoms with Crippen LogP contribution >= 0.6 is 23.2 Å². The molecule has 2 heterocycles. The standard InChI is InChI=1S/C21H20Cl2N4O2/c1-29-20(28)13-4-3-9-27(11-13)19-18-14(12-7-8-15(22)16(23)10-12)5-2-6-17(18)25-21(24)26-19/h2,5-8,10,13H,3-4,9,11H2,1H3,(H2,24,25,26). The molecule has 4 rings (SSSR count). The van der Waals surface area contributed by atoms with Crippen LogP contribution in [0.4, 0.5) is 11.8 Å². The lowest BCUT2D eigenvalue weighted by atomic mass is 9.96. The summed E-state index contributed by atoms with van der Waals surface area (Å²) in [4.78, 5) is 23.2. The van der Waals surface area contributed by atoms with E-state index in [1.807, 2.05) is 30.3 Å². The molecule has 2 N–H and O–H groups in total. The van der Waals surface area contributed by atoms with Crippen molar-refractivity contribution in [2.45, 2.75) is 12.8 Å². The number of benzene rings is 2. The zero-order valence-electron chi connectivity index (χ0n) is 15.9. The Bertz CT molecular complexity index is 1090. The van der Waals surface area contributed by atoms with Crippen molar-refractivity contribution in [2.75, 3.05) is 30.8 Å². The molecule has 150 valence electrons. The van der Waals surface area contributed by atoms with E-state index in [2.05, 4.69) is 14.9 Å². The van der Waals surface area contributed by atoms with E-state index in [4.69, 9.17) is 33.7 Å². The number of ether oxygens (including phenoxy) is 1. The summed E-state index contributed by atoms with van der Waals surface area (Å²) >= 11 is 12.3. The number of hydrogen-bond acceptors (Lipinski definition) is 6. The smallest absolute Gasteiger partial charge is 0.310 e. The maximum Gasteiger partial charge on any atom is 0.310 e. The van der Waals surface area contributed by atoms with Crippen LogP contribution in [0, 0.1) is 5.92 Å². The lowest BCUT2D eigenvalue weighted by molar-refractivity contribution is -0.145. The number of carbonyl (C=O) groups excluding carboxylic acids is 1. The van der Waals surface area contributed by atoms with Gasteiger partial charge in [0.1, 0.15) is 5.82 Å². The highest BCUT2D eigenvalue weighted by Crippen LogP contribution is 2.38. The van der Waals surface area contributed by atoms with Gasteiger partial charge in [-0.1, -0.05) is 41.4 Å². The average molecular weight is 431 g/mol. The minimum absolute atomic E-state index is 0.194. The predicted molar refractivity (Wildman–Crippen MR) is 116 cm³/mol. The molecule has 0 spiro atoms. The second-order valence-electron chi connectivity index (χ2n) is 7.04. The number of anilines is 2. The lowest BCUT2D eigenvalue weighted by Crippen LogP contribution is -2.39. The van der Waals surface area contributed by atoms with Crippen LogP contribution in [0.1, 0.15) is 12.8 Å². The highest BCUT2D eigenvalue weighted by Gasteiger charge is 2.29. The molecule has 0 radical (unpaired) electrons.